The van der Waals surface area contributed by atoms with E-state index in [1.54, 1.807) is 4.90 Å². The van der Waals surface area contributed by atoms with E-state index in [0.29, 0.717) is 24.4 Å². The first-order chi connectivity index (χ1) is 15.1. The quantitative estimate of drug-likeness (QED) is 0.565. The summed E-state index contributed by atoms with van der Waals surface area (Å²) in [5, 5.41) is 9.33. The van der Waals surface area contributed by atoms with Crippen LogP contribution in [0, 0.1) is 5.92 Å². The second-order valence-electron chi connectivity index (χ2n) is 9.27. The summed E-state index contributed by atoms with van der Waals surface area (Å²) >= 11 is 0. The summed E-state index contributed by atoms with van der Waals surface area (Å²) in [5.41, 5.74) is 2.82. The normalized spacial score (nSPS) is 25.5. The summed E-state index contributed by atoms with van der Waals surface area (Å²) < 4.78 is 0. The van der Waals surface area contributed by atoms with Crippen LogP contribution in [-0.4, -0.2) is 72.3 Å². The molecule has 1 atom stereocenters. The molecule has 3 N–H and O–H groups in total. The summed E-state index contributed by atoms with van der Waals surface area (Å²) in [6.07, 6.45) is 3.14. The number of likely N-dealkylation sites (tertiary alicyclic amines) is 1. The Morgan fingerprint density at radius 2 is 1.87 bits per heavy atom. The van der Waals surface area contributed by atoms with Crippen molar-refractivity contribution in [3.05, 3.63) is 34.9 Å². The van der Waals surface area contributed by atoms with Crippen molar-refractivity contribution in [2.24, 2.45) is 5.92 Å². The zero-order chi connectivity index (χ0) is 21.4. The highest BCUT2D eigenvalue weighted by atomic mass is 16.2. The molecule has 1 aromatic carbocycles. The van der Waals surface area contributed by atoms with Crippen LogP contribution in [0.3, 0.4) is 0 Å². The van der Waals surface area contributed by atoms with Crippen LogP contribution in [0.1, 0.15) is 47.2 Å². The average molecular weight is 426 g/mol. The van der Waals surface area contributed by atoms with Gasteiger partial charge in [0.05, 0.1) is 0 Å². The van der Waals surface area contributed by atoms with Gasteiger partial charge in [0.25, 0.3) is 5.91 Å². The molecule has 0 aliphatic carbocycles. The lowest BCUT2D eigenvalue weighted by atomic mass is 9.94. The topological polar surface area (TPSA) is 93.8 Å². The number of carbonyl (C=O) groups excluding carboxylic acids is 3. The van der Waals surface area contributed by atoms with E-state index in [9.17, 15) is 14.4 Å². The molecular weight excluding hydrogens is 394 g/mol. The summed E-state index contributed by atoms with van der Waals surface area (Å²) in [5.74, 6) is -0.0292. The lowest BCUT2D eigenvalue weighted by molar-refractivity contribution is -0.136. The largest absolute Gasteiger partial charge is 0.322 e. The Morgan fingerprint density at radius 3 is 2.58 bits per heavy atom. The molecule has 0 bridgehead atoms. The van der Waals surface area contributed by atoms with Gasteiger partial charge in [-0.05, 0) is 62.0 Å². The Hall–Kier alpha value is -2.29. The maximum absolute atomic E-state index is 12.9. The zero-order valence-corrected chi connectivity index (χ0v) is 17.9. The second-order valence-corrected chi connectivity index (χ2v) is 9.27. The molecule has 0 saturated carbocycles. The van der Waals surface area contributed by atoms with E-state index in [-0.39, 0.29) is 24.1 Å². The molecule has 3 amide bonds. The van der Waals surface area contributed by atoms with Crippen molar-refractivity contribution in [1.29, 1.82) is 0 Å². The summed E-state index contributed by atoms with van der Waals surface area (Å²) in [4.78, 5) is 40.9. The van der Waals surface area contributed by atoms with E-state index in [0.717, 1.165) is 43.3 Å². The van der Waals surface area contributed by atoms with Crippen LogP contribution in [0.15, 0.2) is 18.2 Å². The van der Waals surface area contributed by atoms with Crippen molar-refractivity contribution >= 4 is 17.7 Å². The Balaban J connectivity index is 1.16. The number of rotatable bonds is 6. The fraction of sp³-hybridized carbons (Fsp3) is 0.609. The Bertz CT molecular complexity index is 876. The van der Waals surface area contributed by atoms with Crippen molar-refractivity contribution in [3.63, 3.8) is 0 Å². The highest BCUT2D eigenvalue weighted by Crippen LogP contribution is 2.30. The van der Waals surface area contributed by atoms with E-state index >= 15 is 0 Å². The Kier molecular flexibility index (Phi) is 5.77. The smallest absolute Gasteiger partial charge is 0.255 e. The van der Waals surface area contributed by atoms with E-state index < -0.39 is 6.04 Å². The summed E-state index contributed by atoms with van der Waals surface area (Å²) in [6.45, 7) is 6.81. The number of hydrogen-bond acceptors (Lipinski definition) is 6. The fourth-order valence-electron chi connectivity index (χ4n) is 5.28. The number of imide groups is 1. The molecule has 1 unspecified atom stereocenters. The van der Waals surface area contributed by atoms with Gasteiger partial charge in [-0.15, -0.1) is 0 Å². The molecule has 8 nitrogen and oxygen atoms in total. The predicted octanol–water partition coefficient (Wildman–Crippen LogP) is 0.221. The first-order valence-electron chi connectivity index (χ1n) is 11.5. The van der Waals surface area contributed by atoms with Gasteiger partial charge in [-0.25, -0.2) is 0 Å². The molecule has 31 heavy (non-hydrogen) atoms. The fourth-order valence-corrected chi connectivity index (χ4v) is 5.28. The highest BCUT2D eigenvalue weighted by Gasteiger charge is 2.39. The van der Waals surface area contributed by atoms with Crippen LogP contribution in [0.25, 0.3) is 0 Å². The van der Waals surface area contributed by atoms with E-state index in [4.69, 9.17) is 0 Å². The monoisotopic (exact) mass is 425 g/mol. The lowest BCUT2D eigenvalue weighted by Crippen LogP contribution is -2.59. The summed E-state index contributed by atoms with van der Waals surface area (Å²) in [6, 6.07) is 6.02. The number of piperidine rings is 2. The van der Waals surface area contributed by atoms with Gasteiger partial charge in [-0.1, -0.05) is 12.1 Å². The maximum Gasteiger partial charge on any atom is 0.255 e. The molecule has 4 heterocycles. The molecule has 0 aromatic heterocycles. The predicted molar refractivity (Wildman–Crippen MR) is 115 cm³/mol. The Morgan fingerprint density at radius 1 is 1.06 bits per heavy atom. The number of benzene rings is 1. The molecule has 1 aromatic rings. The molecule has 0 radical (unpaired) electrons. The van der Waals surface area contributed by atoms with Crippen LogP contribution in [0.5, 0.6) is 0 Å². The van der Waals surface area contributed by atoms with Gasteiger partial charge in [0.2, 0.25) is 11.8 Å². The molecule has 0 spiro atoms. The number of hydrogen-bond donors (Lipinski definition) is 3. The molecule has 3 fully saturated rings. The van der Waals surface area contributed by atoms with E-state index in [1.165, 1.54) is 25.9 Å². The first kappa shape index (κ1) is 20.6. The van der Waals surface area contributed by atoms with Crippen LogP contribution in [-0.2, 0) is 22.7 Å². The Labute approximate surface area is 182 Å². The van der Waals surface area contributed by atoms with Crippen LogP contribution in [0.4, 0.5) is 0 Å². The SMILES string of the molecule is O=C1CCC(N2Cc3c(CNCC4CCN(C5CNC5)CC4)cccc3C2=O)C(=O)N1. The minimum absolute atomic E-state index is 0.107. The summed E-state index contributed by atoms with van der Waals surface area (Å²) in [7, 11) is 0. The van der Waals surface area contributed by atoms with Crippen molar-refractivity contribution in [3.8, 4) is 0 Å². The van der Waals surface area contributed by atoms with Gasteiger partial charge in [-0.3, -0.25) is 24.6 Å². The van der Waals surface area contributed by atoms with Crippen LogP contribution >= 0.6 is 0 Å². The third-order valence-corrected chi connectivity index (χ3v) is 7.35. The van der Waals surface area contributed by atoms with Gasteiger partial charge in [0, 0.05) is 44.2 Å². The minimum atomic E-state index is -0.561. The number of carbonyl (C=O) groups is 3. The van der Waals surface area contributed by atoms with E-state index in [1.807, 2.05) is 12.1 Å². The minimum Gasteiger partial charge on any atom is -0.322 e. The molecule has 166 valence electrons. The van der Waals surface area contributed by atoms with Crippen LogP contribution in [0.2, 0.25) is 0 Å². The van der Waals surface area contributed by atoms with Crippen molar-refractivity contribution < 1.29 is 14.4 Å². The number of nitrogens with one attached hydrogen (secondary N) is 3. The molecule has 4 aliphatic heterocycles. The zero-order valence-electron chi connectivity index (χ0n) is 17.9. The van der Waals surface area contributed by atoms with E-state index in [2.05, 4.69) is 26.9 Å². The third kappa shape index (κ3) is 4.12. The maximum atomic E-state index is 12.9. The van der Waals surface area contributed by atoms with Gasteiger partial charge < -0.3 is 15.5 Å². The molecule has 8 heteroatoms. The van der Waals surface area contributed by atoms with Gasteiger partial charge in [0.1, 0.15) is 6.04 Å². The molecule has 5 rings (SSSR count). The standard InChI is InChI=1S/C23H31N5O3/c29-21-5-4-20(22(30)26-21)28-14-19-16(2-1-3-18(19)23(28)31)11-24-10-15-6-8-27(9-7-15)17-12-25-13-17/h1-3,15,17,20,24-25H,4-14H2,(H,26,29,30). The second kappa shape index (κ2) is 8.68. The van der Waals surface area contributed by atoms with Gasteiger partial charge in [0.15, 0.2) is 0 Å². The first-order valence-corrected chi connectivity index (χ1v) is 11.5. The highest BCUT2D eigenvalue weighted by molar-refractivity contribution is 6.05. The van der Waals surface area contributed by atoms with Crippen LogP contribution < -0.4 is 16.0 Å². The van der Waals surface area contributed by atoms with Gasteiger partial charge >= 0.3 is 0 Å². The average Bonchev–Trinajstić information content (AvgIpc) is 3.05. The number of fused-ring (bicyclic) bond motifs is 1. The van der Waals surface area contributed by atoms with Gasteiger partial charge in [-0.2, -0.15) is 0 Å². The number of amides is 3. The van der Waals surface area contributed by atoms with Crippen molar-refractivity contribution in [2.75, 3.05) is 32.7 Å². The number of nitrogens with zero attached hydrogens (tertiary/aromatic N) is 2. The molecule has 4 aliphatic rings. The van der Waals surface area contributed by atoms with Crippen molar-refractivity contribution in [1.82, 2.24) is 25.8 Å². The molecule has 3 saturated heterocycles. The molecular formula is C23H31N5O3. The van der Waals surface area contributed by atoms with Crippen molar-refractivity contribution in [2.45, 2.75) is 50.9 Å². The lowest BCUT2D eigenvalue weighted by Gasteiger charge is -2.42. The third-order valence-electron chi connectivity index (χ3n) is 7.35.